The van der Waals surface area contributed by atoms with Crippen molar-refractivity contribution in [3.8, 4) is 5.88 Å². The van der Waals surface area contributed by atoms with Crippen LogP contribution in [-0.4, -0.2) is 81.5 Å². The van der Waals surface area contributed by atoms with Crippen molar-refractivity contribution in [2.45, 2.75) is 38.3 Å². The maximum absolute atomic E-state index is 13.0. The molecule has 1 saturated carbocycles. The summed E-state index contributed by atoms with van der Waals surface area (Å²) in [4.78, 5) is 29.2. The van der Waals surface area contributed by atoms with E-state index in [0.717, 1.165) is 56.6 Å². The summed E-state index contributed by atoms with van der Waals surface area (Å²) in [5.74, 6) is 0.0601. The summed E-state index contributed by atoms with van der Waals surface area (Å²) in [6.07, 6.45) is 7.76. The zero-order valence-electron chi connectivity index (χ0n) is 21.1. The van der Waals surface area contributed by atoms with Crippen LogP contribution in [0, 0.1) is 5.92 Å². The van der Waals surface area contributed by atoms with Crippen molar-refractivity contribution in [2.75, 3.05) is 38.1 Å². The molecule has 36 heavy (non-hydrogen) atoms. The van der Waals surface area contributed by atoms with Gasteiger partial charge in [0.05, 0.1) is 29.2 Å². The lowest BCUT2D eigenvalue weighted by Crippen LogP contribution is -2.44. The van der Waals surface area contributed by atoms with Gasteiger partial charge in [-0.25, -0.2) is 4.52 Å². The molecule has 1 aliphatic carbocycles. The fourth-order valence-electron chi connectivity index (χ4n) is 5.11. The van der Waals surface area contributed by atoms with Crippen LogP contribution in [0.15, 0.2) is 30.7 Å². The Hall–Kier alpha value is -3.60. The molecule has 0 unspecified atom stereocenters. The van der Waals surface area contributed by atoms with Gasteiger partial charge in [-0.2, -0.15) is 5.10 Å². The van der Waals surface area contributed by atoms with Crippen molar-refractivity contribution in [3.63, 3.8) is 0 Å². The molecule has 3 aromatic heterocycles. The number of nitrogens with two attached hydrogens (primary N) is 1. The number of pyridine rings is 1. The third-order valence-corrected chi connectivity index (χ3v) is 7.21. The number of carbonyl (C=O) groups excluding carboxylic acids is 2. The highest BCUT2D eigenvalue weighted by Gasteiger charge is 2.33. The Labute approximate surface area is 210 Å². The van der Waals surface area contributed by atoms with Crippen molar-refractivity contribution in [1.29, 1.82) is 0 Å². The SMILES string of the molecule is C[C@@H](CC1CC(Oc2nn(C)cc2C(N)=O)C1)NC(=O)c1cnn2cc(N3CCN(C)CC3)ccc12. The van der Waals surface area contributed by atoms with E-state index in [0.29, 0.717) is 22.9 Å². The van der Waals surface area contributed by atoms with Crippen LogP contribution in [0.1, 0.15) is 46.9 Å². The number of carbonyl (C=O) groups is 2. The van der Waals surface area contributed by atoms with E-state index in [1.54, 1.807) is 24.0 Å². The molecule has 1 atom stereocenters. The first-order valence-corrected chi connectivity index (χ1v) is 12.5. The largest absolute Gasteiger partial charge is 0.473 e. The number of piperazine rings is 1. The van der Waals surface area contributed by atoms with Gasteiger partial charge in [-0.15, -0.1) is 5.10 Å². The van der Waals surface area contributed by atoms with E-state index in [9.17, 15) is 9.59 Å². The van der Waals surface area contributed by atoms with Gasteiger partial charge in [0, 0.05) is 45.5 Å². The first kappa shape index (κ1) is 24.1. The van der Waals surface area contributed by atoms with Crippen LogP contribution in [0.3, 0.4) is 0 Å². The molecule has 0 bridgehead atoms. The Balaban J connectivity index is 1.13. The third kappa shape index (κ3) is 5.01. The molecule has 11 heteroatoms. The van der Waals surface area contributed by atoms with Crippen molar-refractivity contribution in [3.05, 3.63) is 41.9 Å². The summed E-state index contributed by atoms with van der Waals surface area (Å²) in [7, 11) is 3.87. The molecule has 0 aromatic carbocycles. The molecule has 3 aromatic rings. The molecule has 192 valence electrons. The highest BCUT2D eigenvalue weighted by molar-refractivity contribution is 6.00. The zero-order valence-corrected chi connectivity index (χ0v) is 21.1. The average molecular weight is 495 g/mol. The summed E-state index contributed by atoms with van der Waals surface area (Å²) in [5, 5.41) is 11.8. The number of nitrogens with one attached hydrogen (secondary N) is 1. The molecular weight excluding hydrogens is 460 g/mol. The number of likely N-dealkylation sites (N-methyl/N-ethyl adjacent to an activating group) is 1. The van der Waals surface area contributed by atoms with E-state index in [-0.39, 0.29) is 18.1 Å². The quantitative estimate of drug-likeness (QED) is 0.484. The van der Waals surface area contributed by atoms with Crippen LogP contribution >= 0.6 is 0 Å². The van der Waals surface area contributed by atoms with Gasteiger partial charge >= 0.3 is 0 Å². The fraction of sp³-hybridized carbons (Fsp3) is 0.520. The minimum Gasteiger partial charge on any atom is -0.473 e. The number of nitrogens with zero attached hydrogens (tertiary/aromatic N) is 6. The minimum absolute atomic E-state index is 0.0000166. The molecule has 0 spiro atoms. The Bertz CT molecular complexity index is 1250. The lowest BCUT2D eigenvalue weighted by atomic mass is 9.78. The monoisotopic (exact) mass is 494 g/mol. The van der Waals surface area contributed by atoms with Gasteiger partial charge in [-0.3, -0.25) is 14.3 Å². The van der Waals surface area contributed by atoms with Crippen LogP contribution in [0.25, 0.3) is 5.52 Å². The number of amides is 2. The van der Waals surface area contributed by atoms with Crippen LogP contribution < -0.4 is 20.7 Å². The number of fused-ring (bicyclic) bond motifs is 1. The van der Waals surface area contributed by atoms with Gasteiger partial charge in [0.25, 0.3) is 11.8 Å². The number of primary amides is 1. The van der Waals surface area contributed by atoms with Gasteiger partial charge in [0.2, 0.25) is 5.88 Å². The lowest BCUT2D eigenvalue weighted by molar-refractivity contribution is 0.0505. The van der Waals surface area contributed by atoms with Crippen LogP contribution in [0.2, 0.25) is 0 Å². The van der Waals surface area contributed by atoms with Gasteiger partial charge in [0.1, 0.15) is 11.7 Å². The highest BCUT2D eigenvalue weighted by Crippen LogP contribution is 2.35. The van der Waals surface area contributed by atoms with Crippen LogP contribution in [-0.2, 0) is 7.05 Å². The van der Waals surface area contributed by atoms with Gasteiger partial charge < -0.3 is 25.6 Å². The smallest absolute Gasteiger partial charge is 0.255 e. The van der Waals surface area contributed by atoms with E-state index in [1.165, 1.54) is 4.68 Å². The standard InChI is InChI=1S/C25H34N8O3/c1-16(10-17-11-19(12-17)36-25-21(23(26)34)15-31(3)29-25)28-24(35)20-13-27-33-14-18(4-5-22(20)33)32-8-6-30(2)7-9-32/h4-5,13-17,19H,6-12H2,1-3H3,(H2,26,34)(H,28,35)/t16-,17?,19?/m0/s1. The van der Waals surface area contributed by atoms with Crippen molar-refractivity contribution >= 4 is 23.0 Å². The maximum atomic E-state index is 13.0. The fourth-order valence-corrected chi connectivity index (χ4v) is 5.11. The number of rotatable bonds is 8. The topological polar surface area (TPSA) is 123 Å². The van der Waals surface area contributed by atoms with E-state index in [4.69, 9.17) is 10.5 Å². The third-order valence-electron chi connectivity index (χ3n) is 7.21. The second kappa shape index (κ2) is 9.81. The summed E-state index contributed by atoms with van der Waals surface area (Å²) in [6, 6.07) is 4.06. The molecule has 5 rings (SSSR count). The first-order chi connectivity index (χ1) is 17.3. The summed E-state index contributed by atoms with van der Waals surface area (Å²) >= 11 is 0. The molecule has 1 aliphatic heterocycles. The second-order valence-corrected chi connectivity index (χ2v) is 10.1. The summed E-state index contributed by atoms with van der Waals surface area (Å²) < 4.78 is 9.20. The first-order valence-electron chi connectivity index (χ1n) is 12.5. The van der Waals surface area contributed by atoms with Crippen molar-refractivity contribution < 1.29 is 14.3 Å². The number of hydrogen-bond acceptors (Lipinski definition) is 7. The van der Waals surface area contributed by atoms with Crippen LogP contribution in [0.5, 0.6) is 5.88 Å². The highest BCUT2D eigenvalue weighted by atomic mass is 16.5. The Morgan fingerprint density at radius 2 is 1.89 bits per heavy atom. The summed E-state index contributed by atoms with van der Waals surface area (Å²) in [6.45, 7) is 6.06. The molecule has 2 amide bonds. The molecule has 11 nitrogen and oxygen atoms in total. The van der Waals surface area contributed by atoms with Crippen molar-refractivity contribution in [1.82, 2.24) is 29.6 Å². The average Bonchev–Trinajstić information content (AvgIpc) is 3.41. The Morgan fingerprint density at radius 3 is 2.61 bits per heavy atom. The number of aromatic nitrogens is 4. The number of hydrogen-bond donors (Lipinski definition) is 2. The molecule has 0 radical (unpaired) electrons. The number of anilines is 1. The zero-order chi connectivity index (χ0) is 25.4. The molecular formula is C25H34N8O3. The Morgan fingerprint density at radius 1 is 1.14 bits per heavy atom. The number of ether oxygens (including phenoxy) is 1. The summed E-state index contributed by atoms with van der Waals surface area (Å²) in [5.41, 5.74) is 8.20. The number of aryl methyl sites for hydroxylation is 1. The minimum atomic E-state index is -0.548. The van der Waals surface area contributed by atoms with E-state index < -0.39 is 5.91 Å². The van der Waals surface area contributed by atoms with Gasteiger partial charge in [-0.1, -0.05) is 0 Å². The molecule has 2 fully saturated rings. The van der Waals surface area contributed by atoms with E-state index in [1.807, 2.05) is 19.2 Å². The second-order valence-electron chi connectivity index (χ2n) is 10.1. The predicted molar refractivity (Wildman–Crippen MR) is 135 cm³/mol. The normalized spacial score (nSPS) is 21.2. The van der Waals surface area contributed by atoms with E-state index in [2.05, 4.69) is 38.4 Å². The molecule has 4 heterocycles. The molecule has 2 aliphatic rings. The lowest BCUT2D eigenvalue weighted by Gasteiger charge is -2.36. The maximum Gasteiger partial charge on any atom is 0.255 e. The van der Waals surface area contributed by atoms with Crippen molar-refractivity contribution in [2.24, 2.45) is 18.7 Å². The van der Waals surface area contributed by atoms with Gasteiger partial charge in [-0.05, 0) is 51.3 Å². The molecule has 3 N–H and O–H groups in total. The van der Waals surface area contributed by atoms with Gasteiger partial charge in [0.15, 0.2) is 0 Å². The predicted octanol–water partition coefficient (Wildman–Crippen LogP) is 1.28. The van der Waals surface area contributed by atoms with Crippen LogP contribution in [0.4, 0.5) is 5.69 Å². The van der Waals surface area contributed by atoms with E-state index >= 15 is 0 Å². The molecule has 1 saturated heterocycles. The Kier molecular flexibility index (Phi) is 6.57.